The molecule has 3 N–H and O–H groups in total. The normalized spacial score (nSPS) is 20.6. The maximum absolute atomic E-state index is 12.1. The Bertz CT molecular complexity index is 394. The van der Waals surface area contributed by atoms with Gasteiger partial charge in [0, 0.05) is 31.6 Å². The second-order valence-electron chi connectivity index (χ2n) is 4.27. The molecular weight excluding hydrogens is 238 g/mol. The third-order valence-corrected chi connectivity index (χ3v) is 3.88. The van der Waals surface area contributed by atoms with Gasteiger partial charge >= 0.3 is 0 Å². The summed E-state index contributed by atoms with van der Waals surface area (Å²) in [4.78, 5) is 18.1. The van der Waals surface area contributed by atoms with E-state index < -0.39 is 0 Å². The Morgan fingerprint density at radius 3 is 3.18 bits per heavy atom. The molecule has 1 aromatic heterocycles. The molecule has 1 amide bonds. The van der Waals surface area contributed by atoms with Gasteiger partial charge in [-0.05, 0) is 18.8 Å². The van der Waals surface area contributed by atoms with Gasteiger partial charge in [-0.3, -0.25) is 4.79 Å². The van der Waals surface area contributed by atoms with Crippen molar-refractivity contribution >= 4 is 17.2 Å². The highest BCUT2D eigenvalue weighted by molar-refractivity contribution is 7.09. The lowest BCUT2D eigenvalue weighted by Crippen LogP contribution is -2.41. The van der Waals surface area contributed by atoms with Gasteiger partial charge in [0.1, 0.15) is 10.7 Å². The molecule has 1 saturated heterocycles. The van der Waals surface area contributed by atoms with Crippen LogP contribution < -0.4 is 5.73 Å². The second kappa shape index (κ2) is 5.57. The number of nitrogens with two attached hydrogens (primary N) is 1. The number of rotatable bonds is 3. The lowest BCUT2D eigenvalue weighted by atomic mass is 9.99. The SMILES string of the molecule is NCc1nc(C(=O)N2CCCC(CO)C2)cs1. The van der Waals surface area contributed by atoms with E-state index in [0.29, 0.717) is 18.8 Å². The molecule has 1 aliphatic heterocycles. The van der Waals surface area contributed by atoms with E-state index in [-0.39, 0.29) is 18.4 Å². The molecule has 0 spiro atoms. The molecule has 0 bridgehead atoms. The van der Waals surface area contributed by atoms with Crippen LogP contribution in [0.5, 0.6) is 0 Å². The molecule has 1 aromatic rings. The highest BCUT2D eigenvalue weighted by Crippen LogP contribution is 2.19. The summed E-state index contributed by atoms with van der Waals surface area (Å²) in [5, 5.41) is 11.7. The zero-order valence-electron chi connectivity index (χ0n) is 9.63. The van der Waals surface area contributed by atoms with Crippen LogP contribution in [0.25, 0.3) is 0 Å². The first kappa shape index (κ1) is 12.5. The van der Waals surface area contributed by atoms with Crippen LogP contribution >= 0.6 is 11.3 Å². The van der Waals surface area contributed by atoms with Crippen molar-refractivity contribution in [3.05, 3.63) is 16.1 Å². The Morgan fingerprint density at radius 1 is 1.71 bits per heavy atom. The molecule has 2 heterocycles. The summed E-state index contributed by atoms with van der Waals surface area (Å²) >= 11 is 1.42. The summed E-state index contributed by atoms with van der Waals surface area (Å²) in [6, 6.07) is 0. The molecule has 5 nitrogen and oxygen atoms in total. The molecule has 0 radical (unpaired) electrons. The van der Waals surface area contributed by atoms with Crippen LogP contribution in [0.1, 0.15) is 28.3 Å². The molecular formula is C11H17N3O2S. The number of likely N-dealkylation sites (tertiary alicyclic amines) is 1. The van der Waals surface area contributed by atoms with Crippen LogP contribution in [0.2, 0.25) is 0 Å². The number of piperidine rings is 1. The molecule has 6 heteroatoms. The van der Waals surface area contributed by atoms with E-state index in [1.807, 2.05) is 0 Å². The standard InChI is InChI=1S/C11H17N3O2S/c12-4-10-13-9(7-17-10)11(16)14-3-1-2-8(5-14)6-15/h7-8,15H,1-6,12H2. The van der Waals surface area contributed by atoms with Gasteiger partial charge in [-0.2, -0.15) is 0 Å². The van der Waals surface area contributed by atoms with Gasteiger partial charge in [-0.25, -0.2) is 4.98 Å². The minimum atomic E-state index is -0.0425. The van der Waals surface area contributed by atoms with Gasteiger partial charge in [-0.1, -0.05) is 0 Å². The van der Waals surface area contributed by atoms with Gasteiger partial charge in [0.25, 0.3) is 5.91 Å². The van der Waals surface area contributed by atoms with E-state index in [9.17, 15) is 4.79 Å². The number of carbonyl (C=O) groups excluding carboxylic acids is 1. The fraction of sp³-hybridized carbons (Fsp3) is 0.636. The monoisotopic (exact) mass is 255 g/mol. The van der Waals surface area contributed by atoms with Crippen LogP contribution in [-0.2, 0) is 6.54 Å². The molecule has 1 unspecified atom stereocenters. The summed E-state index contributed by atoms with van der Waals surface area (Å²) in [7, 11) is 0. The molecule has 0 aromatic carbocycles. The number of hydrogen-bond donors (Lipinski definition) is 2. The number of aliphatic hydroxyl groups is 1. The number of aromatic nitrogens is 1. The van der Waals surface area contributed by atoms with Gasteiger partial charge < -0.3 is 15.7 Å². The van der Waals surface area contributed by atoms with E-state index in [0.717, 1.165) is 24.4 Å². The topological polar surface area (TPSA) is 79.5 Å². The highest BCUT2D eigenvalue weighted by Gasteiger charge is 2.25. The van der Waals surface area contributed by atoms with Gasteiger partial charge in [0.15, 0.2) is 0 Å². The first-order chi connectivity index (χ1) is 8.24. The van der Waals surface area contributed by atoms with Crippen molar-refractivity contribution in [2.45, 2.75) is 19.4 Å². The lowest BCUT2D eigenvalue weighted by Gasteiger charge is -2.31. The van der Waals surface area contributed by atoms with Crippen molar-refractivity contribution in [1.82, 2.24) is 9.88 Å². The predicted molar refractivity (Wildman–Crippen MR) is 65.7 cm³/mol. The number of hydrogen-bond acceptors (Lipinski definition) is 5. The van der Waals surface area contributed by atoms with Gasteiger partial charge in [0.2, 0.25) is 0 Å². The molecule has 2 rings (SSSR count). The summed E-state index contributed by atoms with van der Waals surface area (Å²) in [5.41, 5.74) is 5.96. The lowest BCUT2D eigenvalue weighted by molar-refractivity contribution is 0.0615. The third-order valence-electron chi connectivity index (χ3n) is 3.01. The zero-order valence-corrected chi connectivity index (χ0v) is 10.4. The Morgan fingerprint density at radius 2 is 2.53 bits per heavy atom. The Labute approximate surface area is 104 Å². The molecule has 1 atom stereocenters. The summed E-state index contributed by atoms with van der Waals surface area (Å²) in [5.74, 6) is 0.166. The minimum Gasteiger partial charge on any atom is -0.396 e. The predicted octanol–water partition coefficient (Wildman–Crippen LogP) is 0.446. The molecule has 17 heavy (non-hydrogen) atoms. The van der Waals surface area contributed by atoms with Gasteiger partial charge in [0.05, 0.1) is 0 Å². The van der Waals surface area contributed by atoms with Crippen molar-refractivity contribution in [2.75, 3.05) is 19.7 Å². The fourth-order valence-electron chi connectivity index (χ4n) is 2.06. The molecule has 1 aliphatic rings. The third kappa shape index (κ3) is 2.83. The Hall–Kier alpha value is -0.980. The fourth-order valence-corrected chi connectivity index (χ4v) is 2.71. The van der Waals surface area contributed by atoms with Crippen molar-refractivity contribution in [2.24, 2.45) is 11.7 Å². The van der Waals surface area contributed by atoms with Crippen LogP contribution in [0.3, 0.4) is 0 Å². The van der Waals surface area contributed by atoms with E-state index in [4.69, 9.17) is 10.8 Å². The van der Waals surface area contributed by atoms with E-state index in [1.165, 1.54) is 11.3 Å². The molecule has 0 saturated carbocycles. The van der Waals surface area contributed by atoms with Crippen LogP contribution in [0.15, 0.2) is 5.38 Å². The summed E-state index contributed by atoms with van der Waals surface area (Å²) in [6.07, 6.45) is 1.94. The molecule has 1 fully saturated rings. The van der Waals surface area contributed by atoms with E-state index in [1.54, 1.807) is 10.3 Å². The second-order valence-corrected chi connectivity index (χ2v) is 5.22. The van der Waals surface area contributed by atoms with Crippen molar-refractivity contribution in [3.63, 3.8) is 0 Å². The summed E-state index contributed by atoms with van der Waals surface area (Å²) < 4.78 is 0. The largest absolute Gasteiger partial charge is 0.396 e. The number of aliphatic hydroxyl groups excluding tert-OH is 1. The first-order valence-corrected chi connectivity index (χ1v) is 6.67. The smallest absolute Gasteiger partial charge is 0.273 e. The van der Waals surface area contributed by atoms with E-state index >= 15 is 0 Å². The van der Waals surface area contributed by atoms with Crippen molar-refractivity contribution in [3.8, 4) is 0 Å². The highest BCUT2D eigenvalue weighted by atomic mass is 32.1. The average molecular weight is 255 g/mol. The Kier molecular flexibility index (Phi) is 4.09. The van der Waals surface area contributed by atoms with Crippen molar-refractivity contribution < 1.29 is 9.90 Å². The minimum absolute atomic E-state index is 0.0425. The van der Waals surface area contributed by atoms with Crippen LogP contribution in [-0.4, -0.2) is 40.6 Å². The molecule has 0 aliphatic carbocycles. The maximum atomic E-state index is 12.1. The number of amides is 1. The average Bonchev–Trinajstić information content (AvgIpc) is 2.86. The Balaban J connectivity index is 2.03. The zero-order chi connectivity index (χ0) is 12.3. The number of nitrogens with zero attached hydrogens (tertiary/aromatic N) is 2. The number of carbonyl (C=O) groups is 1. The quantitative estimate of drug-likeness (QED) is 0.821. The van der Waals surface area contributed by atoms with Crippen LogP contribution in [0, 0.1) is 5.92 Å². The van der Waals surface area contributed by atoms with Gasteiger partial charge in [-0.15, -0.1) is 11.3 Å². The van der Waals surface area contributed by atoms with Crippen molar-refractivity contribution in [1.29, 1.82) is 0 Å². The maximum Gasteiger partial charge on any atom is 0.273 e. The summed E-state index contributed by atoms with van der Waals surface area (Å²) in [6.45, 7) is 1.90. The first-order valence-electron chi connectivity index (χ1n) is 5.79. The number of thiazole rings is 1. The van der Waals surface area contributed by atoms with E-state index in [2.05, 4.69) is 4.98 Å². The molecule has 94 valence electrons. The van der Waals surface area contributed by atoms with Crippen LogP contribution in [0.4, 0.5) is 0 Å².